The number of carbonyl (C=O) groups is 2. The number of hydrogen-bond acceptors (Lipinski definition) is 8. The van der Waals surface area contributed by atoms with E-state index in [1.54, 1.807) is 14.2 Å². The van der Waals surface area contributed by atoms with Crippen LogP contribution in [0.5, 0.6) is 0 Å². The van der Waals surface area contributed by atoms with Gasteiger partial charge in [0, 0.05) is 39.9 Å². The van der Waals surface area contributed by atoms with Gasteiger partial charge < -0.3 is 28.4 Å². The topological polar surface area (TPSA) is 89.5 Å². The van der Waals surface area contributed by atoms with Crippen molar-refractivity contribution in [1.29, 1.82) is 0 Å². The molecule has 0 saturated heterocycles. The minimum atomic E-state index is -0.386. The lowest BCUT2D eigenvalue weighted by atomic mass is 10.1. The fraction of sp³-hybridized carbons (Fsp3) is 0.533. The fourth-order valence-electron chi connectivity index (χ4n) is 3.77. The molecule has 2 aromatic rings. The largest absolute Gasteiger partial charge is 0.460 e. The van der Waals surface area contributed by atoms with E-state index in [1.807, 2.05) is 60.7 Å². The Hall–Kier alpha value is -2.78. The second-order valence-corrected chi connectivity index (χ2v) is 8.95. The van der Waals surface area contributed by atoms with E-state index in [1.165, 1.54) is 0 Å². The Labute approximate surface area is 226 Å². The van der Waals surface area contributed by atoms with E-state index in [2.05, 4.69) is 0 Å². The fourth-order valence-corrected chi connectivity index (χ4v) is 3.77. The molecule has 0 N–H and O–H groups in total. The molecule has 0 aliphatic rings. The van der Waals surface area contributed by atoms with E-state index < -0.39 is 0 Å². The number of unbranched alkanes of at least 4 members (excludes halogenated alkanes) is 1. The molecular weight excluding hydrogens is 488 g/mol. The Bertz CT molecular complexity index is 801. The van der Waals surface area contributed by atoms with Crippen LogP contribution in [0.1, 0.15) is 36.8 Å². The third-order valence-electron chi connectivity index (χ3n) is 5.69. The summed E-state index contributed by atoms with van der Waals surface area (Å²) in [7, 11) is 3.22. The maximum absolute atomic E-state index is 12.5. The maximum Gasteiger partial charge on any atom is 0.306 e. The van der Waals surface area contributed by atoms with Crippen molar-refractivity contribution in [2.45, 2.75) is 50.7 Å². The normalized spacial score (nSPS) is 12.6. The zero-order chi connectivity index (χ0) is 27.3. The molecular formula is C30H42O8. The van der Waals surface area contributed by atoms with Crippen molar-refractivity contribution >= 4 is 11.9 Å². The van der Waals surface area contributed by atoms with Crippen molar-refractivity contribution in [3.8, 4) is 0 Å². The molecule has 2 unspecified atom stereocenters. The summed E-state index contributed by atoms with van der Waals surface area (Å²) in [6.07, 6.45) is 1.89. The molecule has 0 saturated carbocycles. The van der Waals surface area contributed by atoms with Gasteiger partial charge in [-0.25, -0.2) is 0 Å². The van der Waals surface area contributed by atoms with E-state index in [-0.39, 0.29) is 37.0 Å². The molecule has 0 heterocycles. The lowest BCUT2D eigenvalue weighted by Crippen LogP contribution is -2.27. The van der Waals surface area contributed by atoms with Crippen molar-refractivity contribution in [2.24, 2.45) is 0 Å². The Morgan fingerprint density at radius 1 is 0.605 bits per heavy atom. The van der Waals surface area contributed by atoms with Crippen molar-refractivity contribution < 1.29 is 38.0 Å². The lowest BCUT2D eigenvalue weighted by molar-refractivity contribution is -0.154. The summed E-state index contributed by atoms with van der Waals surface area (Å²) in [4.78, 5) is 25.0. The molecule has 8 heteroatoms. The van der Waals surface area contributed by atoms with Crippen molar-refractivity contribution in [1.82, 2.24) is 0 Å². The second-order valence-electron chi connectivity index (χ2n) is 8.95. The SMILES string of the molecule is COCCOCC(Cc1ccccc1)OC(=O)CCCCC(=O)OC(COCCOC)Cc1ccccc1. The first-order valence-electron chi connectivity index (χ1n) is 13.2. The van der Waals surface area contributed by atoms with Gasteiger partial charge in [-0.2, -0.15) is 0 Å². The van der Waals surface area contributed by atoms with Gasteiger partial charge in [-0.3, -0.25) is 9.59 Å². The van der Waals surface area contributed by atoms with Crippen LogP contribution in [0, 0.1) is 0 Å². The summed E-state index contributed by atoms with van der Waals surface area (Å²) in [6, 6.07) is 19.7. The molecule has 38 heavy (non-hydrogen) atoms. The van der Waals surface area contributed by atoms with Crippen LogP contribution in [0.4, 0.5) is 0 Å². The first kappa shape index (κ1) is 31.4. The van der Waals surface area contributed by atoms with Gasteiger partial charge in [0.1, 0.15) is 12.2 Å². The summed E-state index contributed by atoms with van der Waals surface area (Å²) in [5.41, 5.74) is 2.14. The highest BCUT2D eigenvalue weighted by molar-refractivity contribution is 5.71. The zero-order valence-electron chi connectivity index (χ0n) is 22.7. The van der Waals surface area contributed by atoms with Gasteiger partial charge in [-0.1, -0.05) is 60.7 Å². The monoisotopic (exact) mass is 530 g/mol. The van der Waals surface area contributed by atoms with E-state index in [9.17, 15) is 9.59 Å². The average Bonchev–Trinajstić information content (AvgIpc) is 2.92. The van der Waals surface area contributed by atoms with Crippen molar-refractivity contribution in [3.63, 3.8) is 0 Å². The van der Waals surface area contributed by atoms with Crippen LogP contribution in [0.2, 0.25) is 0 Å². The maximum atomic E-state index is 12.5. The summed E-state index contributed by atoms with van der Waals surface area (Å²) >= 11 is 0. The van der Waals surface area contributed by atoms with E-state index in [0.717, 1.165) is 11.1 Å². The smallest absolute Gasteiger partial charge is 0.306 e. The molecule has 0 amide bonds. The summed E-state index contributed by atoms with van der Waals surface area (Å²) in [5, 5.41) is 0. The molecule has 210 valence electrons. The minimum Gasteiger partial charge on any atom is -0.460 e. The zero-order valence-corrected chi connectivity index (χ0v) is 22.7. The minimum absolute atomic E-state index is 0.226. The molecule has 0 fully saturated rings. The predicted molar refractivity (Wildman–Crippen MR) is 144 cm³/mol. The van der Waals surface area contributed by atoms with Gasteiger partial charge in [-0.15, -0.1) is 0 Å². The van der Waals surface area contributed by atoms with Crippen molar-refractivity contribution in [2.75, 3.05) is 53.9 Å². The number of ether oxygens (including phenoxy) is 6. The molecule has 0 bridgehead atoms. The highest BCUT2D eigenvalue weighted by atomic mass is 16.6. The number of esters is 2. The molecule has 2 rings (SSSR count). The number of methoxy groups -OCH3 is 2. The number of carbonyl (C=O) groups excluding carboxylic acids is 2. The van der Waals surface area contributed by atoms with Crippen LogP contribution in [-0.2, 0) is 50.9 Å². The number of benzene rings is 2. The van der Waals surface area contributed by atoms with Gasteiger partial charge in [-0.05, 0) is 24.0 Å². The molecule has 0 radical (unpaired) electrons. The summed E-state index contributed by atoms with van der Waals surface area (Å²) in [6.45, 7) is 2.42. The molecule has 0 spiro atoms. The van der Waals surface area contributed by atoms with Gasteiger partial charge in [0.05, 0.1) is 39.6 Å². The highest BCUT2D eigenvalue weighted by Gasteiger charge is 2.18. The van der Waals surface area contributed by atoms with E-state index in [0.29, 0.717) is 65.3 Å². The van der Waals surface area contributed by atoms with Crippen LogP contribution in [0.15, 0.2) is 60.7 Å². The lowest BCUT2D eigenvalue weighted by Gasteiger charge is -2.19. The van der Waals surface area contributed by atoms with Gasteiger partial charge >= 0.3 is 11.9 Å². The Balaban J connectivity index is 1.73. The quantitative estimate of drug-likeness (QED) is 0.175. The predicted octanol–water partition coefficient (Wildman–Crippen LogP) is 4.18. The first-order valence-corrected chi connectivity index (χ1v) is 13.2. The number of rotatable bonds is 21. The van der Waals surface area contributed by atoms with E-state index in [4.69, 9.17) is 28.4 Å². The Morgan fingerprint density at radius 3 is 1.37 bits per heavy atom. The van der Waals surface area contributed by atoms with E-state index >= 15 is 0 Å². The molecule has 0 aromatic heterocycles. The first-order chi connectivity index (χ1) is 18.6. The van der Waals surface area contributed by atoms with Crippen LogP contribution >= 0.6 is 0 Å². The molecule has 0 aliphatic carbocycles. The Morgan fingerprint density at radius 2 is 1.00 bits per heavy atom. The van der Waals surface area contributed by atoms with Crippen molar-refractivity contribution in [3.05, 3.63) is 71.8 Å². The standard InChI is InChI=1S/C30H42O8/c1-33-17-19-35-23-27(21-25-11-5-3-6-12-25)37-29(31)15-9-10-16-30(32)38-28(24-36-20-18-34-2)22-26-13-7-4-8-14-26/h3-8,11-14,27-28H,9-10,15-24H2,1-2H3. The summed E-state index contributed by atoms with van der Waals surface area (Å²) in [5.74, 6) is -0.605. The molecule has 2 atom stereocenters. The van der Waals surface area contributed by atoms with Crippen LogP contribution in [0.3, 0.4) is 0 Å². The highest BCUT2D eigenvalue weighted by Crippen LogP contribution is 2.12. The second kappa shape index (κ2) is 20.2. The molecule has 2 aromatic carbocycles. The van der Waals surface area contributed by atoms with Gasteiger partial charge in [0.2, 0.25) is 0 Å². The van der Waals surface area contributed by atoms with Crippen LogP contribution in [0.25, 0.3) is 0 Å². The summed E-state index contributed by atoms with van der Waals surface area (Å²) < 4.78 is 32.6. The molecule has 8 nitrogen and oxygen atoms in total. The third-order valence-corrected chi connectivity index (χ3v) is 5.69. The van der Waals surface area contributed by atoms with Gasteiger partial charge in [0.25, 0.3) is 0 Å². The number of hydrogen-bond donors (Lipinski definition) is 0. The van der Waals surface area contributed by atoms with Crippen LogP contribution < -0.4 is 0 Å². The third kappa shape index (κ3) is 14.8. The average molecular weight is 531 g/mol. The molecule has 0 aliphatic heterocycles. The van der Waals surface area contributed by atoms with Crippen LogP contribution in [-0.4, -0.2) is 78.0 Å². The van der Waals surface area contributed by atoms with Gasteiger partial charge in [0.15, 0.2) is 0 Å². The Kier molecular flexibility index (Phi) is 16.7.